The first kappa shape index (κ1) is 18.1. The van der Waals surface area contributed by atoms with Gasteiger partial charge in [0.25, 0.3) is 0 Å². The predicted molar refractivity (Wildman–Crippen MR) is 81.6 cm³/mol. The van der Waals surface area contributed by atoms with E-state index in [2.05, 4.69) is 0 Å². The molecule has 1 heterocycles. The summed E-state index contributed by atoms with van der Waals surface area (Å²) in [5, 5.41) is 10.7. The molecule has 1 amide bonds. The zero-order chi connectivity index (χ0) is 19.1. The average molecular weight is 367 g/mol. The van der Waals surface area contributed by atoms with Gasteiger partial charge >= 0.3 is 5.97 Å². The molecule has 3 rings (SSSR count). The molecule has 1 aliphatic heterocycles. The van der Waals surface area contributed by atoms with Crippen molar-refractivity contribution in [2.24, 2.45) is 5.92 Å². The largest absolute Gasteiger partial charge is 0.480 e. The monoisotopic (exact) mass is 367 g/mol. The fourth-order valence-corrected chi connectivity index (χ4v) is 3.62. The summed E-state index contributed by atoms with van der Waals surface area (Å²) in [4.78, 5) is 48.6. The summed E-state index contributed by atoms with van der Waals surface area (Å²) in [6.45, 7) is -0.603. The van der Waals surface area contributed by atoms with Gasteiger partial charge in [-0.25, -0.2) is 8.78 Å². The number of fused-ring (bicyclic) bond motifs is 2. The third-order valence-electron chi connectivity index (χ3n) is 4.86. The number of ether oxygens (including phenoxy) is 1. The Balaban J connectivity index is 2.13. The number of carbonyl (C=O) groups is 4. The maximum atomic E-state index is 14.5. The lowest BCUT2D eigenvalue weighted by Crippen LogP contribution is -2.56. The number of rotatable bonds is 3. The fourth-order valence-electron chi connectivity index (χ4n) is 3.62. The quantitative estimate of drug-likeness (QED) is 0.757. The molecule has 1 aromatic rings. The highest BCUT2D eigenvalue weighted by molar-refractivity contribution is 6.29. The van der Waals surface area contributed by atoms with Crippen molar-refractivity contribution in [1.29, 1.82) is 0 Å². The van der Waals surface area contributed by atoms with Gasteiger partial charge in [0.1, 0.15) is 6.54 Å². The van der Waals surface area contributed by atoms with E-state index >= 15 is 0 Å². The predicted octanol–water partition coefficient (Wildman–Crippen LogP) is 0.595. The second kappa shape index (κ2) is 6.56. The molecule has 26 heavy (non-hydrogen) atoms. The molecule has 1 spiro atoms. The van der Waals surface area contributed by atoms with Crippen molar-refractivity contribution in [2.75, 3.05) is 19.8 Å². The van der Waals surface area contributed by atoms with Gasteiger partial charge in [-0.15, -0.1) is 0 Å². The van der Waals surface area contributed by atoms with Crippen molar-refractivity contribution >= 4 is 23.4 Å². The molecule has 0 bridgehead atoms. The second-order valence-corrected chi connectivity index (χ2v) is 6.25. The van der Waals surface area contributed by atoms with Gasteiger partial charge in [0.15, 0.2) is 29.1 Å². The number of carboxylic acids is 1. The highest BCUT2D eigenvalue weighted by atomic mass is 19.2. The lowest BCUT2D eigenvalue weighted by atomic mass is 9.60. The Kier molecular flexibility index (Phi) is 4.57. The van der Waals surface area contributed by atoms with E-state index in [0.717, 1.165) is 12.1 Å². The minimum absolute atomic E-state index is 0.00476. The lowest BCUT2D eigenvalue weighted by molar-refractivity contribution is -0.142. The number of amides is 1. The highest BCUT2D eigenvalue weighted by Crippen LogP contribution is 2.45. The summed E-state index contributed by atoms with van der Waals surface area (Å²) in [5.41, 5.74) is -2.13. The molecule has 0 radical (unpaired) electrons. The van der Waals surface area contributed by atoms with E-state index in [1.54, 1.807) is 0 Å². The molecule has 138 valence electrons. The van der Waals surface area contributed by atoms with Gasteiger partial charge < -0.3 is 15.2 Å². The molecular formula is C17H15F2NO6. The van der Waals surface area contributed by atoms with Crippen molar-refractivity contribution < 1.29 is 37.8 Å². The number of carbonyl (C=O) groups excluding carboxylic acids is 3. The van der Waals surface area contributed by atoms with Crippen LogP contribution in [0.25, 0.3) is 0 Å². The van der Waals surface area contributed by atoms with E-state index in [4.69, 9.17) is 9.84 Å². The summed E-state index contributed by atoms with van der Waals surface area (Å²) < 4.78 is 33.5. The summed E-state index contributed by atoms with van der Waals surface area (Å²) in [5.74, 6) is -8.51. The first-order valence-corrected chi connectivity index (χ1v) is 7.94. The lowest BCUT2D eigenvalue weighted by Gasteiger charge is -2.42. The van der Waals surface area contributed by atoms with Gasteiger partial charge in [0.05, 0.1) is 5.41 Å². The van der Waals surface area contributed by atoms with Crippen LogP contribution < -0.4 is 5.32 Å². The van der Waals surface area contributed by atoms with Crippen LogP contribution in [0.5, 0.6) is 0 Å². The van der Waals surface area contributed by atoms with Gasteiger partial charge in [-0.05, 0) is 25.0 Å². The van der Waals surface area contributed by atoms with Gasteiger partial charge in [-0.1, -0.05) is 0 Å². The van der Waals surface area contributed by atoms with E-state index in [9.17, 15) is 28.0 Å². The maximum Gasteiger partial charge on any atom is 0.322 e. The van der Waals surface area contributed by atoms with Gasteiger partial charge in [-0.2, -0.15) is 0 Å². The highest BCUT2D eigenvalue weighted by Gasteiger charge is 2.56. The molecular weight excluding hydrogens is 352 g/mol. The Morgan fingerprint density at radius 3 is 2.50 bits per heavy atom. The Labute approximate surface area is 146 Å². The van der Waals surface area contributed by atoms with Crippen LogP contribution in [-0.2, 0) is 24.5 Å². The Morgan fingerprint density at radius 1 is 1.23 bits per heavy atom. The molecule has 9 heteroatoms. The first-order valence-electron chi connectivity index (χ1n) is 7.94. The third-order valence-corrected chi connectivity index (χ3v) is 4.86. The van der Waals surface area contributed by atoms with Gasteiger partial charge in [0, 0.05) is 24.3 Å². The average Bonchev–Trinajstić information content (AvgIpc) is 2.61. The summed E-state index contributed by atoms with van der Waals surface area (Å²) in [6.07, 6.45) is -0.00953. The van der Waals surface area contributed by atoms with Crippen LogP contribution in [0.15, 0.2) is 12.1 Å². The van der Waals surface area contributed by atoms with Crippen LogP contribution in [0, 0.1) is 17.6 Å². The topological polar surface area (TPSA) is 110 Å². The number of halogens is 2. The van der Waals surface area contributed by atoms with Crippen LogP contribution >= 0.6 is 0 Å². The first-order chi connectivity index (χ1) is 12.3. The number of benzene rings is 1. The molecule has 2 N–H and O–H groups in total. The van der Waals surface area contributed by atoms with E-state index in [0.29, 0.717) is 0 Å². The Morgan fingerprint density at radius 2 is 1.88 bits per heavy atom. The molecule has 0 saturated carbocycles. The van der Waals surface area contributed by atoms with Crippen molar-refractivity contribution in [3.8, 4) is 0 Å². The minimum Gasteiger partial charge on any atom is -0.480 e. The van der Waals surface area contributed by atoms with Crippen molar-refractivity contribution in [3.05, 3.63) is 34.9 Å². The van der Waals surface area contributed by atoms with Crippen LogP contribution in [0.2, 0.25) is 0 Å². The normalized spacial score (nSPS) is 21.4. The number of carboxylic acid groups (broad SMARTS) is 1. The Hall–Kier alpha value is -2.68. The van der Waals surface area contributed by atoms with Crippen molar-refractivity contribution in [1.82, 2.24) is 5.32 Å². The summed E-state index contributed by atoms with van der Waals surface area (Å²) in [6, 6.07) is 1.82. The number of ketones is 2. The molecule has 2 aliphatic rings. The number of hydrogen-bond donors (Lipinski definition) is 2. The van der Waals surface area contributed by atoms with Crippen LogP contribution in [-0.4, -0.2) is 48.3 Å². The molecule has 1 saturated heterocycles. The van der Waals surface area contributed by atoms with E-state index in [1.165, 1.54) is 0 Å². The molecule has 1 atom stereocenters. The standard InChI is InChI=1S/C17H15F2NO6/c18-9-2-1-8-12(13(9)19)17(3-5-26-6-4-17)15(24)11(14(8)23)16(25)20-7-10(21)22/h1-2,11H,3-7H2,(H,20,25)(H,21,22). The van der Waals surface area contributed by atoms with Crippen LogP contribution in [0.3, 0.4) is 0 Å². The molecule has 1 fully saturated rings. The zero-order valence-corrected chi connectivity index (χ0v) is 13.5. The van der Waals surface area contributed by atoms with Gasteiger partial charge in [0.2, 0.25) is 5.91 Å². The maximum absolute atomic E-state index is 14.5. The summed E-state index contributed by atoms with van der Waals surface area (Å²) in [7, 11) is 0. The van der Waals surface area contributed by atoms with Crippen LogP contribution in [0.4, 0.5) is 8.78 Å². The smallest absolute Gasteiger partial charge is 0.322 e. The number of nitrogens with one attached hydrogen (secondary N) is 1. The SMILES string of the molecule is O=C(O)CNC(=O)C1C(=O)c2ccc(F)c(F)c2C2(CCOCC2)C1=O. The van der Waals surface area contributed by atoms with Crippen molar-refractivity contribution in [3.63, 3.8) is 0 Å². The van der Waals surface area contributed by atoms with Crippen LogP contribution in [0.1, 0.15) is 28.8 Å². The molecule has 0 aromatic heterocycles. The molecule has 1 aliphatic carbocycles. The minimum atomic E-state index is -1.80. The van der Waals surface area contributed by atoms with Crippen molar-refractivity contribution in [2.45, 2.75) is 18.3 Å². The molecule has 1 unspecified atom stereocenters. The number of hydrogen-bond acceptors (Lipinski definition) is 5. The number of Topliss-reactive ketones (excluding diaryl/α,β-unsaturated/α-hetero) is 2. The fraction of sp³-hybridized carbons (Fsp3) is 0.412. The third kappa shape index (κ3) is 2.68. The van der Waals surface area contributed by atoms with E-state index < -0.39 is 53.0 Å². The zero-order valence-electron chi connectivity index (χ0n) is 13.5. The molecule has 1 aromatic carbocycles. The summed E-state index contributed by atoms with van der Waals surface area (Å²) >= 11 is 0. The number of aliphatic carboxylic acids is 1. The second-order valence-electron chi connectivity index (χ2n) is 6.25. The Bertz CT molecular complexity index is 816. The van der Waals surface area contributed by atoms with E-state index in [1.807, 2.05) is 5.32 Å². The molecule has 7 nitrogen and oxygen atoms in total. The van der Waals surface area contributed by atoms with Gasteiger partial charge in [-0.3, -0.25) is 19.2 Å². The van der Waals surface area contributed by atoms with E-state index in [-0.39, 0.29) is 37.2 Å².